The highest BCUT2D eigenvalue weighted by Gasteiger charge is 2.47. The first-order valence-electron chi connectivity index (χ1n) is 9.84. The predicted octanol–water partition coefficient (Wildman–Crippen LogP) is 4.98. The molecule has 1 aromatic carbocycles. The summed E-state index contributed by atoms with van der Waals surface area (Å²) in [7, 11) is 0. The van der Waals surface area contributed by atoms with Crippen molar-refractivity contribution in [3.05, 3.63) is 63.7 Å². The summed E-state index contributed by atoms with van der Waals surface area (Å²) in [5.41, 5.74) is 0.443. The molecule has 32 heavy (non-hydrogen) atoms. The topological polar surface area (TPSA) is 76.8 Å². The molecule has 0 aliphatic carbocycles. The Morgan fingerprint density at radius 1 is 1.31 bits per heavy atom. The summed E-state index contributed by atoms with van der Waals surface area (Å²) in [5, 5.41) is 9.50. The van der Waals surface area contributed by atoms with Crippen LogP contribution < -0.4 is 10.6 Å². The maximum absolute atomic E-state index is 13.9. The van der Waals surface area contributed by atoms with E-state index in [0.29, 0.717) is 25.1 Å². The quantitative estimate of drug-likeness (QED) is 0.440. The standard InChI is InChI=1S/C20H19BrClF3N6O/c21-13-4-2-12(3-5-13)14-10-15(20(23,24)25)31-18(28-14)16(22)17(29-31)19(32)27-6-1-8-30-9-7-26-11-30/h2-5,7,9,11,14-15,28H,1,6,8,10H2,(H,27,32)/t14-,15-/m0/s1. The maximum Gasteiger partial charge on any atom is 0.410 e. The second kappa shape index (κ2) is 9.14. The van der Waals surface area contributed by atoms with E-state index in [4.69, 9.17) is 11.6 Å². The van der Waals surface area contributed by atoms with Gasteiger partial charge in [0.1, 0.15) is 10.8 Å². The van der Waals surface area contributed by atoms with Gasteiger partial charge in [-0.25, -0.2) is 9.67 Å². The number of aromatic nitrogens is 4. The van der Waals surface area contributed by atoms with Crippen molar-refractivity contribution in [2.75, 3.05) is 11.9 Å². The fourth-order valence-electron chi connectivity index (χ4n) is 3.61. The Kier molecular flexibility index (Phi) is 6.47. The zero-order chi connectivity index (χ0) is 22.9. The summed E-state index contributed by atoms with van der Waals surface area (Å²) >= 11 is 9.65. The predicted molar refractivity (Wildman–Crippen MR) is 117 cm³/mol. The number of benzene rings is 1. The van der Waals surface area contributed by atoms with Crippen LogP contribution in [-0.4, -0.2) is 38.0 Å². The Labute approximate surface area is 195 Å². The number of nitrogens with zero attached hydrogens (tertiary/aromatic N) is 4. The lowest BCUT2D eigenvalue weighted by Crippen LogP contribution is -2.36. The Bertz CT molecular complexity index is 1080. The van der Waals surface area contributed by atoms with Gasteiger partial charge in [-0.05, 0) is 24.1 Å². The molecule has 0 fully saturated rings. The SMILES string of the molecule is O=C(NCCCn1ccnc1)c1nn2c(c1Cl)N[C@H](c1ccc(Br)cc1)C[C@H]2C(F)(F)F. The van der Waals surface area contributed by atoms with E-state index in [-0.39, 0.29) is 23.0 Å². The van der Waals surface area contributed by atoms with Gasteiger partial charge >= 0.3 is 6.18 Å². The van der Waals surface area contributed by atoms with E-state index in [0.717, 1.165) is 9.15 Å². The summed E-state index contributed by atoms with van der Waals surface area (Å²) in [6.45, 7) is 0.952. The minimum absolute atomic E-state index is 0.0169. The number of nitrogens with one attached hydrogen (secondary N) is 2. The highest BCUT2D eigenvalue weighted by Crippen LogP contribution is 2.46. The van der Waals surface area contributed by atoms with Crippen LogP contribution in [-0.2, 0) is 6.54 Å². The van der Waals surface area contributed by atoms with Crippen molar-refractivity contribution in [1.29, 1.82) is 0 Å². The molecule has 4 rings (SSSR count). The lowest BCUT2D eigenvalue weighted by Gasteiger charge is -2.33. The minimum Gasteiger partial charge on any atom is -0.362 e. The molecule has 0 saturated heterocycles. The van der Waals surface area contributed by atoms with Gasteiger partial charge < -0.3 is 15.2 Å². The van der Waals surface area contributed by atoms with Crippen molar-refractivity contribution in [2.24, 2.45) is 0 Å². The summed E-state index contributed by atoms with van der Waals surface area (Å²) in [4.78, 5) is 16.5. The van der Waals surface area contributed by atoms with Crippen LogP contribution in [0.2, 0.25) is 5.02 Å². The number of halogens is 5. The number of carbonyl (C=O) groups excluding carboxylic acids is 1. The van der Waals surface area contributed by atoms with E-state index in [9.17, 15) is 18.0 Å². The fraction of sp³-hybridized carbons (Fsp3) is 0.350. The molecule has 2 aromatic heterocycles. The summed E-state index contributed by atoms with van der Waals surface area (Å²) in [6.07, 6.45) is 0.891. The van der Waals surface area contributed by atoms with Crippen molar-refractivity contribution in [1.82, 2.24) is 24.6 Å². The highest BCUT2D eigenvalue weighted by molar-refractivity contribution is 9.10. The third kappa shape index (κ3) is 4.78. The Morgan fingerprint density at radius 2 is 2.06 bits per heavy atom. The Balaban J connectivity index is 1.53. The van der Waals surface area contributed by atoms with Crippen molar-refractivity contribution in [2.45, 2.75) is 37.6 Å². The zero-order valence-electron chi connectivity index (χ0n) is 16.6. The molecule has 3 aromatic rings. The third-order valence-corrected chi connectivity index (χ3v) is 6.11. The Morgan fingerprint density at radius 3 is 2.72 bits per heavy atom. The number of alkyl halides is 3. The number of imidazole rings is 1. The van der Waals surface area contributed by atoms with E-state index < -0.39 is 24.2 Å². The normalized spacial score (nSPS) is 18.2. The summed E-state index contributed by atoms with van der Waals surface area (Å²) in [5.74, 6) is -0.637. The van der Waals surface area contributed by atoms with Crippen LogP contribution in [0.15, 0.2) is 47.5 Å². The van der Waals surface area contributed by atoms with Crippen LogP contribution in [0.3, 0.4) is 0 Å². The number of amides is 1. The summed E-state index contributed by atoms with van der Waals surface area (Å²) in [6, 6.07) is 4.45. The molecule has 170 valence electrons. The average Bonchev–Trinajstić information content (AvgIpc) is 3.38. The Hall–Kier alpha value is -2.53. The van der Waals surface area contributed by atoms with Gasteiger partial charge in [0, 0.05) is 36.4 Å². The molecule has 12 heteroatoms. The van der Waals surface area contributed by atoms with Crippen LogP contribution in [0.4, 0.5) is 19.0 Å². The van der Waals surface area contributed by atoms with Gasteiger partial charge in [-0.15, -0.1) is 0 Å². The molecule has 0 unspecified atom stereocenters. The van der Waals surface area contributed by atoms with Gasteiger partial charge in [0.2, 0.25) is 0 Å². The van der Waals surface area contributed by atoms with Crippen LogP contribution in [0, 0.1) is 0 Å². The molecule has 3 heterocycles. The summed E-state index contributed by atoms with van der Waals surface area (Å²) < 4.78 is 45.0. The first-order chi connectivity index (χ1) is 15.2. The van der Waals surface area contributed by atoms with Crippen molar-refractivity contribution < 1.29 is 18.0 Å². The molecule has 0 spiro atoms. The van der Waals surface area contributed by atoms with Crippen molar-refractivity contribution >= 4 is 39.3 Å². The van der Waals surface area contributed by atoms with Crippen LogP contribution >= 0.6 is 27.5 Å². The number of hydrogen-bond acceptors (Lipinski definition) is 4. The minimum atomic E-state index is -4.56. The molecule has 1 aliphatic rings. The molecular formula is C20H19BrClF3N6O. The largest absolute Gasteiger partial charge is 0.410 e. The lowest BCUT2D eigenvalue weighted by molar-refractivity contribution is -0.173. The number of rotatable bonds is 6. The molecule has 0 radical (unpaired) electrons. The number of aryl methyl sites for hydroxylation is 1. The van der Waals surface area contributed by atoms with Gasteiger partial charge in [-0.2, -0.15) is 18.3 Å². The van der Waals surface area contributed by atoms with Crippen molar-refractivity contribution in [3.8, 4) is 0 Å². The van der Waals surface area contributed by atoms with Crippen LogP contribution in [0.1, 0.15) is 41.0 Å². The molecule has 0 bridgehead atoms. The maximum atomic E-state index is 13.9. The molecule has 1 aliphatic heterocycles. The highest BCUT2D eigenvalue weighted by atomic mass is 79.9. The molecule has 2 atom stereocenters. The molecule has 1 amide bonds. The van der Waals surface area contributed by atoms with Crippen LogP contribution in [0.5, 0.6) is 0 Å². The lowest BCUT2D eigenvalue weighted by atomic mass is 9.97. The van der Waals surface area contributed by atoms with E-state index in [1.165, 1.54) is 0 Å². The number of fused-ring (bicyclic) bond motifs is 1. The van der Waals surface area contributed by atoms with Crippen LogP contribution in [0.25, 0.3) is 0 Å². The molecule has 7 nitrogen and oxygen atoms in total. The number of hydrogen-bond donors (Lipinski definition) is 2. The van der Waals surface area contributed by atoms with E-state index in [1.807, 2.05) is 4.57 Å². The molecule has 0 saturated carbocycles. The second-order valence-electron chi connectivity index (χ2n) is 7.41. The number of carbonyl (C=O) groups is 1. The average molecular weight is 532 g/mol. The first-order valence-corrected chi connectivity index (χ1v) is 11.0. The third-order valence-electron chi connectivity index (χ3n) is 5.22. The monoisotopic (exact) mass is 530 g/mol. The van der Waals surface area contributed by atoms with E-state index in [2.05, 4.69) is 36.6 Å². The van der Waals surface area contributed by atoms with Gasteiger partial charge in [-0.1, -0.05) is 39.7 Å². The molecule has 2 N–H and O–H groups in total. The smallest absolute Gasteiger partial charge is 0.362 e. The van der Waals surface area contributed by atoms with E-state index >= 15 is 0 Å². The van der Waals surface area contributed by atoms with Gasteiger partial charge in [-0.3, -0.25) is 4.79 Å². The van der Waals surface area contributed by atoms with Gasteiger partial charge in [0.05, 0.1) is 12.4 Å². The second-order valence-corrected chi connectivity index (χ2v) is 8.70. The van der Waals surface area contributed by atoms with Gasteiger partial charge in [0.15, 0.2) is 11.7 Å². The van der Waals surface area contributed by atoms with Crippen molar-refractivity contribution in [3.63, 3.8) is 0 Å². The molecular weight excluding hydrogens is 513 g/mol. The fourth-order valence-corrected chi connectivity index (χ4v) is 4.14. The van der Waals surface area contributed by atoms with Gasteiger partial charge in [0.25, 0.3) is 5.91 Å². The first kappa shape index (κ1) is 22.7. The number of anilines is 1. The zero-order valence-corrected chi connectivity index (χ0v) is 19.0. The van der Waals surface area contributed by atoms with E-state index in [1.54, 1.807) is 43.0 Å².